The first-order valence-electron chi connectivity index (χ1n) is 17.5. The molecule has 2 N–H and O–H groups in total. The highest BCUT2D eigenvalue weighted by atomic mass is 16.6. The first kappa shape index (κ1) is 36.4. The van der Waals surface area contributed by atoms with Crippen molar-refractivity contribution in [1.29, 1.82) is 0 Å². The van der Waals surface area contributed by atoms with Crippen LogP contribution < -0.4 is 10.6 Å². The van der Waals surface area contributed by atoms with Crippen molar-refractivity contribution in [3.63, 3.8) is 0 Å². The summed E-state index contributed by atoms with van der Waals surface area (Å²) >= 11 is 0. The predicted octanol–water partition coefficient (Wildman–Crippen LogP) is 7.74. The second-order valence-electron chi connectivity index (χ2n) is 15.1. The number of anilines is 2. The van der Waals surface area contributed by atoms with E-state index in [0.717, 1.165) is 29.5 Å². The number of hydrogen-bond donors (Lipinski definition) is 2. The van der Waals surface area contributed by atoms with Crippen LogP contribution in [0.25, 0.3) is 0 Å². The predicted molar refractivity (Wildman–Crippen MR) is 194 cm³/mol. The van der Waals surface area contributed by atoms with Crippen molar-refractivity contribution in [2.75, 3.05) is 23.7 Å². The number of rotatable bonds is 8. The van der Waals surface area contributed by atoms with Crippen molar-refractivity contribution in [3.05, 3.63) is 95.6 Å². The van der Waals surface area contributed by atoms with E-state index in [2.05, 4.69) is 22.8 Å². The van der Waals surface area contributed by atoms with Gasteiger partial charge in [0.2, 0.25) is 11.8 Å². The van der Waals surface area contributed by atoms with Crippen LogP contribution >= 0.6 is 0 Å². The maximum atomic E-state index is 13.2. The van der Waals surface area contributed by atoms with E-state index < -0.39 is 35.5 Å². The quantitative estimate of drug-likeness (QED) is 0.251. The molecule has 4 amide bonds. The van der Waals surface area contributed by atoms with Crippen LogP contribution in [0.3, 0.4) is 0 Å². The largest absolute Gasteiger partial charge is 0.444 e. The summed E-state index contributed by atoms with van der Waals surface area (Å²) in [6.45, 7) is 11.9. The smallest absolute Gasteiger partial charge is 0.410 e. The summed E-state index contributed by atoms with van der Waals surface area (Å²) in [7, 11) is 0. The summed E-state index contributed by atoms with van der Waals surface area (Å²) in [6, 6.07) is 24.8. The number of nitrogens with one attached hydrogen (secondary N) is 2. The maximum absolute atomic E-state index is 13.2. The summed E-state index contributed by atoms with van der Waals surface area (Å²) in [6.07, 6.45) is 2.46. The number of hydrogen-bond acceptors (Lipinski definition) is 6. The van der Waals surface area contributed by atoms with Crippen LogP contribution in [0, 0.1) is 0 Å². The number of amides is 4. The first-order valence-corrected chi connectivity index (χ1v) is 17.5. The van der Waals surface area contributed by atoms with Gasteiger partial charge in [0.1, 0.15) is 23.3 Å². The standard InChI is InChI=1S/C40H50N4O6/c1-39(2,3)49-37(47)43-24-10-14-33(43)35(45)41-30-20-16-27(17-21-30)26-32(28-12-8-7-9-13-28)29-18-22-31(23-19-29)42-36(46)34-15-11-25-44(34)38(48)50-40(4,5)6/h7-9,12-13,16-23,32-34H,10-11,14-15,24-26H2,1-6H3,(H,41,45)(H,42,46)/t32?,33-,34-/m0/s1. The summed E-state index contributed by atoms with van der Waals surface area (Å²) in [5, 5.41) is 5.98. The average Bonchev–Trinajstić information content (AvgIpc) is 3.75. The molecule has 3 aromatic carbocycles. The Morgan fingerprint density at radius 1 is 0.640 bits per heavy atom. The Balaban J connectivity index is 1.23. The van der Waals surface area contributed by atoms with Gasteiger partial charge in [-0.05, 0) is 115 Å². The molecule has 10 heteroatoms. The molecule has 0 radical (unpaired) electrons. The lowest BCUT2D eigenvalue weighted by Gasteiger charge is -2.28. The van der Waals surface area contributed by atoms with Gasteiger partial charge in [-0.1, -0.05) is 54.6 Å². The van der Waals surface area contributed by atoms with Gasteiger partial charge >= 0.3 is 12.2 Å². The average molecular weight is 683 g/mol. The van der Waals surface area contributed by atoms with Crippen molar-refractivity contribution in [2.24, 2.45) is 0 Å². The fourth-order valence-corrected chi connectivity index (χ4v) is 6.48. The molecular weight excluding hydrogens is 632 g/mol. The van der Waals surface area contributed by atoms with E-state index in [4.69, 9.17) is 9.47 Å². The van der Waals surface area contributed by atoms with Gasteiger partial charge in [0, 0.05) is 30.4 Å². The molecule has 2 aliphatic rings. The molecule has 50 heavy (non-hydrogen) atoms. The van der Waals surface area contributed by atoms with Crippen LogP contribution in [0.4, 0.5) is 21.0 Å². The van der Waals surface area contributed by atoms with E-state index in [1.165, 1.54) is 9.80 Å². The molecule has 2 heterocycles. The van der Waals surface area contributed by atoms with Crippen molar-refractivity contribution < 1.29 is 28.7 Å². The monoisotopic (exact) mass is 682 g/mol. The normalized spacial score (nSPS) is 18.4. The fraction of sp³-hybridized carbons (Fsp3) is 0.450. The third-order valence-electron chi connectivity index (χ3n) is 8.81. The number of benzene rings is 3. The summed E-state index contributed by atoms with van der Waals surface area (Å²) in [5.41, 5.74) is 3.40. The highest BCUT2D eigenvalue weighted by Crippen LogP contribution is 2.31. The SMILES string of the molecule is CC(C)(C)OC(=O)N1CCC[C@H]1C(=O)Nc1ccc(CC(c2ccccc2)c2ccc(NC(=O)[C@@H]3CCCN3C(=O)OC(C)(C)C)cc2)cc1. The van der Waals surface area contributed by atoms with Crippen LogP contribution in [0.15, 0.2) is 78.9 Å². The minimum Gasteiger partial charge on any atom is -0.444 e. The summed E-state index contributed by atoms with van der Waals surface area (Å²) in [5.74, 6) is -0.404. The van der Waals surface area contributed by atoms with Crippen molar-refractivity contribution in [1.82, 2.24) is 9.80 Å². The Morgan fingerprint density at radius 3 is 1.50 bits per heavy atom. The highest BCUT2D eigenvalue weighted by molar-refractivity contribution is 5.97. The number of nitrogens with zero attached hydrogens (tertiary/aromatic N) is 2. The number of likely N-dealkylation sites (tertiary alicyclic amines) is 2. The lowest BCUT2D eigenvalue weighted by atomic mass is 9.86. The zero-order valence-corrected chi connectivity index (χ0v) is 30.0. The van der Waals surface area contributed by atoms with Crippen LogP contribution in [0.5, 0.6) is 0 Å². The first-order chi connectivity index (χ1) is 23.7. The molecule has 0 saturated carbocycles. The molecule has 3 atom stereocenters. The molecule has 266 valence electrons. The topological polar surface area (TPSA) is 117 Å². The van der Waals surface area contributed by atoms with Crippen LogP contribution in [-0.2, 0) is 25.5 Å². The van der Waals surface area contributed by atoms with E-state index in [0.29, 0.717) is 43.7 Å². The van der Waals surface area contributed by atoms with E-state index >= 15 is 0 Å². The van der Waals surface area contributed by atoms with Gasteiger partial charge in [-0.2, -0.15) is 0 Å². The van der Waals surface area contributed by atoms with E-state index in [-0.39, 0.29) is 17.7 Å². The van der Waals surface area contributed by atoms with Crippen LogP contribution in [0.2, 0.25) is 0 Å². The molecule has 1 unspecified atom stereocenters. The van der Waals surface area contributed by atoms with Crippen LogP contribution in [-0.4, -0.2) is 70.2 Å². The Bertz CT molecular complexity index is 1640. The minimum atomic E-state index is -0.633. The molecular formula is C40H50N4O6. The van der Waals surface area contributed by atoms with E-state index in [1.807, 2.05) is 108 Å². The molecule has 3 aromatic rings. The zero-order chi connectivity index (χ0) is 36.1. The van der Waals surface area contributed by atoms with Gasteiger partial charge in [-0.3, -0.25) is 19.4 Å². The Morgan fingerprint density at radius 2 is 1.06 bits per heavy atom. The van der Waals surface area contributed by atoms with Gasteiger partial charge in [0.05, 0.1) is 0 Å². The third-order valence-corrected chi connectivity index (χ3v) is 8.81. The highest BCUT2D eigenvalue weighted by Gasteiger charge is 2.38. The van der Waals surface area contributed by atoms with Gasteiger partial charge in [-0.15, -0.1) is 0 Å². The number of ether oxygens (including phenoxy) is 2. The molecule has 10 nitrogen and oxygen atoms in total. The second kappa shape index (κ2) is 15.4. The van der Waals surface area contributed by atoms with Gasteiger partial charge < -0.3 is 20.1 Å². The summed E-state index contributed by atoms with van der Waals surface area (Å²) < 4.78 is 11.0. The third kappa shape index (κ3) is 9.64. The molecule has 2 saturated heterocycles. The molecule has 0 spiro atoms. The Labute approximate surface area is 295 Å². The number of carbonyl (C=O) groups excluding carboxylic acids is 4. The van der Waals surface area contributed by atoms with Gasteiger partial charge in [0.25, 0.3) is 0 Å². The van der Waals surface area contributed by atoms with Gasteiger partial charge in [0.15, 0.2) is 0 Å². The Kier molecular flexibility index (Phi) is 11.2. The van der Waals surface area contributed by atoms with Crippen molar-refractivity contribution in [2.45, 2.75) is 103 Å². The lowest BCUT2D eigenvalue weighted by molar-refractivity contribution is -0.121. The molecule has 0 bridgehead atoms. The molecule has 2 fully saturated rings. The second-order valence-corrected chi connectivity index (χ2v) is 15.1. The number of carbonyl (C=O) groups is 4. The summed E-state index contributed by atoms with van der Waals surface area (Å²) in [4.78, 5) is 54.9. The van der Waals surface area contributed by atoms with Crippen molar-refractivity contribution in [3.8, 4) is 0 Å². The maximum Gasteiger partial charge on any atom is 0.410 e. The minimum absolute atomic E-state index is 0.0414. The lowest BCUT2D eigenvalue weighted by Crippen LogP contribution is -2.45. The van der Waals surface area contributed by atoms with E-state index in [1.54, 1.807) is 0 Å². The molecule has 5 rings (SSSR count). The molecule has 0 aromatic heterocycles. The Hall–Kier alpha value is -4.86. The zero-order valence-electron chi connectivity index (χ0n) is 30.0. The molecule has 0 aliphatic carbocycles. The van der Waals surface area contributed by atoms with Gasteiger partial charge in [-0.25, -0.2) is 9.59 Å². The van der Waals surface area contributed by atoms with Crippen molar-refractivity contribution >= 4 is 35.4 Å². The molecule has 2 aliphatic heterocycles. The van der Waals surface area contributed by atoms with Crippen LogP contribution in [0.1, 0.15) is 89.8 Å². The van der Waals surface area contributed by atoms with E-state index in [9.17, 15) is 19.2 Å². The fourth-order valence-electron chi connectivity index (χ4n) is 6.48.